The first-order valence-electron chi connectivity index (χ1n) is 9.07. The quantitative estimate of drug-likeness (QED) is 0.489. The van der Waals surface area contributed by atoms with Crippen LogP contribution in [-0.4, -0.2) is 15.8 Å². The normalized spacial score (nSPS) is 12.1. The van der Waals surface area contributed by atoms with E-state index in [1.54, 1.807) is 29.6 Å². The number of carbonyl (C=O) groups is 1. The fourth-order valence-corrected chi connectivity index (χ4v) is 4.46. The minimum absolute atomic E-state index is 0.320. The van der Waals surface area contributed by atoms with Gasteiger partial charge in [-0.2, -0.15) is 0 Å². The number of nitrogens with zero attached hydrogens (tertiary/aromatic N) is 2. The van der Waals surface area contributed by atoms with Crippen molar-refractivity contribution < 1.29 is 4.79 Å². The monoisotopic (exact) mass is 388 g/mol. The zero-order valence-electron chi connectivity index (χ0n) is 16.5. The molecule has 2 aromatic heterocycles. The first-order valence-corrected chi connectivity index (χ1v) is 10.8. The summed E-state index contributed by atoms with van der Waals surface area (Å²) in [5, 5.41) is 3.19. The Morgan fingerprint density at radius 3 is 2.46 bits per heavy atom. The van der Waals surface area contributed by atoms with Crippen molar-refractivity contribution in [3.8, 4) is 11.3 Å². The molecule has 26 heavy (non-hydrogen) atoms. The zero-order valence-corrected chi connectivity index (χ0v) is 18.1. The van der Waals surface area contributed by atoms with Gasteiger partial charge in [0.1, 0.15) is 5.78 Å². The van der Waals surface area contributed by atoms with E-state index in [1.165, 1.54) is 10.3 Å². The summed E-state index contributed by atoms with van der Waals surface area (Å²) in [7, 11) is 0. The predicted molar refractivity (Wildman–Crippen MR) is 114 cm³/mol. The number of Topliss-reactive ketones (excluding diaryl/α,β-unsaturated/α-hetero) is 1. The molecule has 0 fully saturated rings. The van der Waals surface area contributed by atoms with Gasteiger partial charge < -0.3 is 4.79 Å². The molecule has 0 spiro atoms. The topological polar surface area (TPSA) is 42.9 Å². The molecule has 0 aliphatic rings. The highest BCUT2D eigenvalue weighted by Gasteiger charge is 2.12. The number of aryl methyl sites for hydroxylation is 2. The lowest BCUT2D eigenvalue weighted by Crippen LogP contribution is -2.11. The molecule has 140 valence electrons. The number of carbonyl (C=O) groups excluding carboxylic acids is 1. The van der Waals surface area contributed by atoms with Gasteiger partial charge in [-0.15, -0.1) is 22.7 Å². The van der Waals surface area contributed by atoms with Gasteiger partial charge in [0.25, 0.3) is 0 Å². The molecule has 0 radical (unpaired) electrons. The first-order chi connectivity index (χ1) is 12.3. The zero-order chi connectivity index (χ0) is 19.3. The molecule has 3 rings (SSSR count). The average Bonchev–Trinajstić information content (AvgIpc) is 3.21. The summed E-state index contributed by atoms with van der Waals surface area (Å²) in [6.45, 7) is 12.4. The SMILES string of the molecule is CCC(CC(C)=O)C(C)C.Cc1nc2cc(-c3cscn3)cc(C)c2s1. The van der Waals surface area contributed by atoms with E-state index in [4.69, 9.17) is 0 Å². The Morgan fingerprint density at radius 2 is 1.96 bits per heavy atom. The Kier molecular flexibility index (Phi) is 7.47. The minimum atomic E-state index is 0.320. The number of ketones is 1. The molecule has 2 heterocycles. The van der Waals surface area contributed by atoms with Gasteiger partial charge in [-0.25, -0.2) is 9.97 Å². The minimum Gasteiger partial charge on any atom is -0.300 e. The molecule has 1 unspecified atom stereocenters. The van der Waals surface area contributed by atoms with Gasteiger partial charge in [0.2, 0.25) is 0 Å². The van der Waals surface area contributed by atoms with E-state index < -0.39 is 0 Å². The standard InChI is InChI=1S/C12H10N2S2.C9H18O/c1-7-3-9(11-5-15-6-13-11)4-10-12(7)16-8(2)14-10;1-5-9(7(2)3)6-8(4)10/h3-6H,1-2H3;7,9H,5-6H2,1-4H3. The summed E-state index contributed by atoms with van der Waals surface area (Å²) < 4.78 is 1.29. The second kappa shape index (κ2) is 9.38. The number of hydrogen-bond acceptors (Lipinski definition) is 5. The second-order valence-electron chi connectivity index (χ2n) is 7.07. The van der Waals surface area contributed by atoms with Crippen LogP contribution in [0.4, 0.5) is 0 Å². The molecule has 0 amide bonds. The smallest absolute Gasteiger partial charge is 0.130 e. The summed E-state index contributed by atoms with van der Waals surface area (Å²) in [4.78, 5) is 19.6. The number of hydrogen-bond donors (Lipinski definition) is 0. The van der Waals surface area contributed by atoms with Crippen molar-refractivity contribution in [2.75, 3.05) is 0 Å². The van der Waals surface area contributed by atoms with E-state index in [1.807, 2.05) is 12.4 Å². The molecule has 0 aliphatic carbocycles. The molecule has 1 atom stereocenters. The molecule has 0 saturated carbocycles. The van der Waals surface area contributed by atoms with E-state index in [0.717, 1.165) is 34.6 Å². The number of benzene rings is 1. The summed E-state index contributed by atoms with van der Waals surface area (Å²) in [6, 6.07) is 4.32. The van der Waals surface area contributed by atoms with Gasteiger partial charge in [-0.3, -0.25) is 0 Å². The van der Waals surface area contributed by atoms with Crippen molar-refractivity contribution >= 4 is 38.7 Å². The fourth-order valence-electron chi connectivity index (χ4n) is 3.03. The molecule has 3 aromatic rings. The summed E-state index contributed by atoms with van der Waals surface area (Å²) in [5.41, 5.74) is 6.44. The highest BCUT2D eigenvalue weighted by molar-refractivity contribution is 7.18. The van der Waals surface area contributed by atoms with Crippen LogP contribution in [-0.2, 0) is 4.79 Å². The van der Waals surface area contributed by atoms with Crippen LogP contribution in [0.15, 0.2) is 23.0 Å². The maximum Gasteiger partial charge on any atom is 0.130 e. The Bertz CT molecular complexity index is 850. The molecular weight excluding hydrogens is 360 g/mol. The Balaban J connectivity index is 0.000000213. The van der Waals surface area contributed by atoms with Crippen LogP contribution in [0.5, 0.6) is 0 Å². The summed E-state index contributed by atoms with van der Waals surface area (Å²) in [6.07, 6.45) is 1.88. The maximum absolute atomic E-state index is 10.7. The van der Waals surface area contributed by atoms with Gasteiger partial charge in [0, 0.05) is 17.4 Å². The Labute approximate surface area is 164 Å². The lowest BCUT2D eigenvalue weighted by Gasteiger charge is -2.16. The number of fused-ring (bicyclic) bond motifs is 1. The molecule has 0 aliphatic heterocycles. The van der Waals surface area contributed by atoms with Crippen molar-refractivity contribution in [2.24, 2.45) is 11.8 Å². The van der Waals surface area contributed by atoms with Crippen molar-refractivity contribution in [2.45, 2.75) is 54.4 Å². The van der Waals surface area contributed by atoms with Gasteiger partial charge in [-0.05, 0) is 50.3 Å². The summed E-state index contributed by atoms with van der Waals surface area (Å²) >= 11 is 3.38. The third-order valence-corrected chi connectivity index (χ3v) is 6.24. The predicted octanol–water partition coefficient (Wildman–Crippen LogP) is 6.68. The fraction of sp³-hybridized carbons (Fsp3) is 0.476. The molecule has 0 saturated heterocycles. The number of thiazole rings is 2. The lowest BCUT2D eigenvalue weighted by molar-refractivity contribution is -0.118. The highest BCUT2D eigenvalue weighted by atomic mass is 32.1. The van der Waals surface area contributed by atoms with E-state index in [0.29, 0.717) is 17.6 Å². The van der Waals surface area contributed by atoms with Gasteiger partial charge in [-0.1, -0.05) is 27.2 Å². The van der Waals surface area contributed by atoms with Crippen molar-refractivity contribution in [1.29, 1.82) is 0 Å². The van der Waals surface area contributed by atoms with E-state index >= 15 is 0 Å². The Hall–Kier alpha value is -1.59. The molecule has 0 N–H and O–H groups in total. The van der Waals surface area contributed by atoms with E-state index in [2.05, 4.69) is 55.2 Å². The van der Waals surface area contributed by atoms with Crippen molar-refractivity contribution in [3.63, 3.8) is 0 Å². The van der Waals surface area contributed by atoms with Crippen molar-refractivity contribution in [1.82, 2.24) is 9.97 Å². The third-order valence-electron chi connectivity index (χ3n) is 4.53. The largest absolute Gasteiger partial charge is 0.300 e. The molecule has 1 aromatic carbocycles. The summed E-state index contributed by atoms with van der Waals surface area (Å²) in [5.74, 6) is 1.56. The molecule has 0 bridgehead atoms. The maximum atomic E-state index is 10.7. The molecular formula is C21H28N2OS2. The van der Waals surface area contributed by atoms with Crippen LogP contribution in [0.3, 0.4) is 0 Å². The van der Waals surface area contributed by atoms with Crippen LogP contribution in [0.1, 0.15) is 51.1 Å². The van der Waals surface area contributed by atoms with Crippen LogP contribution in [0, 0.1) is 25.7 Å². The molecule has 5 heteroatoms. The average molecular weight is 389 g/mol. The first kappa shape index (κ1) is 20.7. The number of aromatic nitrogens is 2. The van der Waals surface area contributed by atoms with Crippen LogP contribution < -0.4 is 0 Å². The van der Waals surface area contributed by atoms with Gasteiger partial charge >= 0.3 is 0 Å². The van der Waals surface area contributed by atoms with E-state index in [9.17, 15) is 4.79 Å². The van der Waals surface area contributed by atoms with Crippen LogP contribution in [0.25, 0.3) is 21.5 Å². The van der Waals surface area contributed by atoms with Gasteiger partial charge in [0.05, 0.1) is 26.4 Å². The van der Waals surface area contributed by atoms with Crippen LogP contribution >= 0.6 is 22.7 Å². The third kappa shape index (κ3) is 5.45. The lowest BCUT2D eigenvalue weighted by atomic mass is 9.89. The van der Waals surface area contributed by atoms with Crippen LogP contribution in [0.2, 0.25) is 0 Å². The second-order valence-corrected chi connectivity index (χ2v) is 8.99. The van der Waals surface area contributed by atoms with E-state index in [-0.39, 0.29) is 0 Å². The van der Waals surface area contributed by atoms with Crippen molar-refractivity contribution in [3.05, 3.63) is 33.6 Å². The Morgan fingerprint density at radius 1 is 1.23 bits per heavy atom. The molecule has 3 nitrogen and oxygen atoms in total. The highest BCUT2D eigenvalue weighted by Crippen LogP contribution is 2.30. The number of rotatable bonds is 5. The van der Waals surface area contributed by atoms with Gasteiger partial charge in [0.15, 0.2) is 0 Å².